The molecule has 1 aromatic rings. The molecule has 0 radical (unpaired) electrons. The number of aliphatic carboxylic acids is 2. The number of carbonyl (C=O) groups is 6. The molecule has 13 nitrogen and oxygen atoms in total. The predicted octanol–water partition coefficient (Wildman–Crippen LogP) is 0.450. The van der Waals surface area contributed by atoms with Crippen molar-refractivity contribution in [2.45, 2.75) is 76.5 Å². The average molecular weight is 547 g/mol. The number of carboxylic acid groups (broad SMARTS) is 2. The molecule has 3 heterocycles. The molecule has 212 valence electrons. The standard InChI is InChI=1S/C26H34N4O9/c1-26(2,10-20(31)29-12-15(8-17(29)24(35)36)27-22(33)14-5-6-14)11-21(32)30-13-16(9-18(30)25(37)38)28-23(34)19-4-3-7-39-19/h3-4,7,14-18H,5-6,8-13H2,1-2H3,(H,27,33)(H,28,34)(H,35,36)(H,37,38). The molecule has 0 bridgehead atoms. The van der Waals surface area contributed by atoms with Gasteiger partial charge in [-0.3, -0.25) is 19.2 Å². The summed E-state index contributed by atoms with van der Waals surface area (Å²) in [5.41, 5.74) is -0.912. The Bertz CT molecular complexity index is 1140. The van der Waals surface area contributed by atoms with Crippen molar-refractivity contribution in [3.05, 3.63) is 24.2 Å². The normalized spacial score (nSPS) is 24.9. The summed E-state index contributed by atoms with van der Waals surface area (Å²) in [6.45, 7) is 3.43. The minimum atomic E-state index is -1.20. The van der Waals surface area contributed by atoms with E-state index in [-0.39, 0.29) is 56.4 Å². The fourth-order valence-electron chi connectivity index (χ4n) is 5.31. The van der Waals surface area contributed by atoms with Crippen LogP contribution < -0.4 is 10.6 Å². The maximum absolute atomic E-state index is 13.2. The van der Waals surface area contributed by atoms with Crippen molar-refractivity contribution in [1.82, 2.24) is 20.4 Å². The summed E-state index contributed by atoms with van der Waals surface area (Å²) >= 11 is 0. The monoisotopic (exact) mass is 546 g/mol. The van der Waals surface area contributed by atoms with E-state index in [0.717, 1.165) is 12.8 Å². The number of likely N-dealkylation sites (tertiary alicyclic amines) is 2. The number of amides is 4. The molecule has 4 amide bonds. The first kappa shape index (κ1) is 28.1. The number of hydrogen-bond acceptors (Lipinski definition) is 7. The number of carbonyl (C=O) groups excluding carboxylic acids is 4. The molecule has 3 aliphatic rings. The Balaban J connectivity index is 1.35. The molecule has 2 saturated heterocycles. The van der Waals surface area contributed by atoms with Gasteiger partial charge in [-0.05, 0) is 30.4 Å². The molecule has 1 saturated carbocycles. The van der Waals surface area contributed by atoms with Crippen LogP contribution in [-0.4, -0.2) is 92.8 Å². The van der Waals surface area contributed by atoms with Crippen molar-refractivity contribution in [3.8, 4) is 0 Å². The summed E-state index contributed by atoms with van der Waals surface area (Å²) in [6, 6.07) is -0.254. The van der Waals surface area contributed by atoms with Crippen LogP contribution in [0.1, 0.15) is 62.9 Å². The Morgan fingerprint density at radius 3 is 1.85 bits per heavy atom. The lowest BCUT2D eigenvalue weighted by atomic mass is 9.84. The molecule has 4 rings (SSSR count). The highest BCUT2D eigenvalue weighted by molar-refractivity contribution is 5.92. The first-order chi connectivity index (χ1) is 18.3. The minimum absolute atomic E-state index is 0.0120. The van der Waals surface area contributed by atoms with Gasteiger partial charge in [0.2, 0.25) is 17.7 Å². The second kappa shape index (κ2) is 11.1. The largest absolute Gasteiger partial charge is 0.480 e. The molecule has 2 aliphatic heterocycles. The molecular formula is C26H34N4O9. The van der Waals surface area contributed by atoms with Crippen molar-refractivity contribution in [2.24, 2.45) is 11.3 Å². The van der Waals surface area contributed by atoms with E-state index in [1.807, 2.05) is 0 Å². The van der Waals surface area contributed by atoms with Crippen LogP contribution >= 0.6 is 0 Å². The second-order valence-corrected chi connectivity index (χ2v) is 11.4. The van der Waals surface area contributed by atoms with E-state index in [0.29, 0.717) is 0 Å². The SMILES string of the molecule is CC(C)(CC(=O)N1CC(NC(=O)c2ccco2)CC1C(=O)O)CC(=O)N1CC(NC(=O)C2CC2)CC1C(=O)O. The number of rotatable bonds is 10. The lowest BCUT2D eigenvalue weighted by molar-refractivity contribution is -0.150. The van der Waals surface area contributed by atoms with Gasteiger partial charge in [0, 0.05) is 56.8 Å². The third-order valence-electron chi connectivity index (χ3n) is 7.45. The van der Waals surface area contributed by atoms with Crippen molar-refractivity contribution >= 4 is 35.6 Å². The third kappa shape index (κ3) is 6.76. The summed E-state index contributed by atoms with van der Waals surface area (Å²) in [7, 11) is 0. The van der Waals surface area contributed by atoms with E-state index in [1.165, 1.54) is 22.1 Å². The lowest BCUT2D eigenvalue weighted by Crippen LogP contribution is -2.45. The van der Waals surface area contributed by atoms with Gasteiger partial charge in [0.15, 0.2) is 5.76 Å². The molecular weight excluding hydrogens is 512 g/mol. The zero-order valence-corrected chi connectivity index (χ0v) is 21.9. The smallest absolute Gasteiger partial charge is 0.326 e. The Morgan fingerprint density at radius 1 is 0.897 bits per heavy atom. The Hall–Kier alpha value is -3.90. The lowest BCUT2D eigenvalue weighted by Gasteiger charge is -2.31. The van der Waals surface area contributed by atoms with E-state index < -0.39 is 59.2 Å². The van der Waals surface area contributed by atoms with Gasteiger partial charge in [0.05, 0.1) is 6.26 Å². The van der Waals surface area contributed by atoms with Gasteiger partial charge in [-0.25, -0.2) is 9.59 Å². The average Bonchev–Trinajstić information content (AvgIpc) is 3.22. The molecule has 1 aromatic heterocycles. The first-order valence-electron chi connectivity index (χ1n) is 13.0. The van der Waals surface area contributed by atoms with Crippen molar-refractivity contribution < 1.29 is 43.4 Å². The zero-order valence-electron chi connectivity index (χ0n) is 21.9. The van der Waals surface area contributed by atoms with Crippen LogP contribution in [0.4, 0.5) is 0 Å². The molecule has 4 unspecified atom stereocenters. The topological polar surface area (TPSA) is 187 Å². The van der Waals surface area contributed by atoms with E-state index in [1.54, 1.807) is 19.9 Å². The molecule has 4 atom stereocenters. The highest BCUT2D eigenvalue weighted by Crippen LogP contribution is 2.32. The molecule has 39 heavy (non-hydrogen) atoms. The highest BCUT2D eigenvalue weighted by atomic mass is 16.4. The second-order valence-electron chi connectivity index (χ2n) is 11.4. The number of hydrogen-bond donors (Lipinski definition) is 4. The molecule has 1 aliphatic carbocycles. The zero-order chi connectivity index (χ0) is 28.5. The Morgan fingerprint density at radius 2 is 1.41 bits per heavy atom. The van der Waals surface area contributed by atoms with Crippen molar-refractivity contribution in [1.29, 1.82) is 0 Å². The first-order valence-corrected chi connectivity index (χ1v) is 13.0. The number of carboxylic acids is 2. The minimum Gasteiger partial charge on any atom is -0.480 e. The predicted molar refractivity (Wildman–Crippen MR) is 133 cm³/mol. The summed E-state index contributed by atoms with van der Waals surface area (Å²) in [5, 5.41) is 24.9. The molecule has 0 spiro atoms. The molecule has 4 N–H and O–H groups in total. The van der Waals surface area contributed by atoms with E-state index in [9.17, 15) is 39.0 Å². The van der Waals surface area contributed by atoms with Gasteiger partial charge in [0.1, 0.15) is 12.1 Å². The van der Waals surface area contributed by atoms with Crippen molar-refractivity contribution in [2.75, 3.05) is 13.1 Å². The van der Waals surface area contributed by atoms with Crippen LogP contribution in [0, 0.1) is 11.3 Å². The van der Waals surface area contributed by atoms with Gasteiger partial charge < -0.3 is 35.1 Å². The number of nitrogens with one attached hydrogen (secondary N) is 2. The third-order valence-corrected chi connectivity index (χ3v) is 7.45. The van der Waals surface area contributed by atoms with E-state index in [4.69, 9.17) is 4.42 Å². The van der Waals surface area contributed by atoms with Gasteiger partial charge in [-0.15, -0.1) is 0 Å². The van der Waals surface area contributed by atoms with Crippen LogP contribution in [0.15, 0.2) is 22.8 Å². The van der Waals surface area contributed by atoms with Gasteiger partial charge in [0.25, 0.3) is 5.91 Å². The fraction of sp³-hybridized carbons (Fsp3) is 0.615. The van der Waals surface area contributed by atoms with Crippen molar-refractivity contribution in [3.63, 3.8) is 0 Å². The van der Waals surface area contributed by atoms with Gasteiger partial charge in [-0.1, -0.05) is 13.8 Å². The van der Waals surface area contributed by atoms with Crippen LogP contribution in [0.5, 0.6) is 0 Å². The van der Waals surface area contributed by atoms with Gasteiger partial charge in [-0.2, -0.15) is 0 Å². The van der Waals surface area contributed by atoms with E-state index >= 15 is 0 Å². The van der Waals surface area contributed by atoms with Crippen LogP contribution in [-0.2, 0) is 24.0 Å². The summed E-state index contributed by atoms with van der Waals surface area (Å²) in [5.74, 6) is -3.91. The quantitative estimate of drug-likeness (QED) is 0.323. The Kier molecular flexibility index (Phi) is 7.98. The van der Waals surface area contributed by atoms with Crippen LogP contribution in [0.2, 0.25) is 0 Å². The maximum atomic E-state index is 13.2. The van der Waals surface area contributed by atoms with E-state index in [2.05, 4.69) is 10.6 Å². The molecule has 0 aromatic carbocycles. The fourth-order valence-corrected chi connectivity index (χ4v) is 5.31. The summed E-state index contributed by atoms with van der Waals surface area (Å²) < 4.78 is 5.06. The number of furan rings is 1. The maximum Gasteiger partial charge on any atom is 0.326 e. The highest BCUT2D eigenvalue weighted by Gasteiger charge is 2.45. The van der Waals surface area contributed by atoms with Gasteiger partial charge >= 0.3 is 11.9 Å². The Labute approximate surface area is 224 Å². The molecule has 13 heteroatoms. The molecule has 3 fully saturated rings. The summed E-state index contributed by atoms with van der Waals surface area (Å²) in [6.07, 6.45) is 2.79. The number of nitrogens with zero attached hydrogens (tertiary/aromatic N) is 2. The summed E-state index contributed by atoms with van der Waals surface area (Å²) in [4.78, 5) is 77.0. The van der Waals surface area contributed by atoms with Crippen LogP contribution in [0.25, 0.3) is 0 Å². The van der Waals surface area contributed by atoms with Crippen LogP contribution in [0.3, 0.4) is 0 Å².